The topological polar surface area (TPSA) is 27.8 Å². The van der Waals surface area contributed by atoms with E-state index in [-0.39, 0.29) is 0 Å². The third kappa shape index (κ3) is 3.12. The van der Waals surface area contributed by atoms with Crippen LogP contribution in [0.1, 0.15) is 20.3 Å². The van der Waals surface area contributed by atoms with Gasteiger partial charge in [-0.05, 0) is 18.4 Å². The first-order valence-electron chi connectivity index (χ1n) is 4.15. The molecule has 0 spiro atoms. The summed E-state index contributed by atoms with van der Waals surface area (Å²) in [6.45, 7) is 5.53. The van der Waals surface area contributed by atoms with Crippen LogP contribution in [0.4, 0.5) is 5.69 Å². The molecule has 0 bridgehead atoms. The molecule has 0 aliphatic rings. The average molecular weight is 152 g/mol. The van der Waals surface area contributed by atoms with E-state index in [0.29, 0.717) is 0 Å². The Morgan fingerprint density at radius 3 is 2.91 bits per heavy atom. The van der Waals surface area contributed by atoms with Crippen LogP contribution in [0.3, 0.4) is 0 Å². The van der Waals surface area contributed by atoms with E-state index >= 15 is 0 Å². The first kappa shape index (κ1) is 8.18. The Kier molecular flexibility index (Phi) is 3.02. The van der Waals surface area contributed by atoms with Crippen molar-refractivity contribution in [2.24, 2.45) is 5.92 Å². The molecule has 1 aromatic heterocycles. The fraction of sp³-hybridized carbons (Fsp3) is 0.556. The van der Waals surface area contributed by atoms with Gasteiger partial charge in [-0.1, -0.05) is 13.8 Å². The van der Waals surface area contributed by atoms with Gasteiger partial charge in [0.2, 0.25) is 0 Å². The molecule has 62 valence electrons. The quantitative estimate of drug-likeness (QED) is 0.681. The van der Waals surface area contributed by atoms with Crippen molar-refractivity contribution in [3.8, 4) is 0 Å². The molecule has 2 heteroatoms. The lowest BCUT2D eigenvalue weighted by molar-refractivity contribution is 0.607. The van der Waals surface area contributed by atoms with Gasteiger partial charge in [-0.25, -0.2) is 0 Å². The van der Waals surface area contributed by atoms with Crippen molar-refractivity contribution in [3.05, 3.63) is 18.5 Å². The lowest BCUT2D eigenvalue weighted by atomic mass is 10.1. The molecule has 1 heterocycles. The van der Waals surface area contributed by atoms with Crippen LogP contribution in [0.5, 0.6) is 0 Å². The van der Waals surface area contributed by atoms with Gasteiger partial charge in [0.05, 0.1) is 5.69 Å². The minimum atomic E-state index is 0.779. The predicted molar refractivity (Wildman–Crippen MR) is 48.7 cm³/mol. The van der Waals surface area contributed by atoms with E-state index in [1.54, 1.807) is 0 Å². The number of hydrogen-bond donors (Lipinski definition) is 2. The van der Waals surface area contributed by atoms with Crippen LogP contribution in [0.25, 0.3) is 0 Å². The van der Waals surface area contributed by atoms with Gasteiger partial charge in [0, 0.05) is 18.9 Å². The van der Waals surface area contributed by atoms with Gasteiger partial charge >= 0.3 is 0 Å². The summed E-state index contributed by atoms with van der Waals surface area (Å²) in [6.07, 6.45) is 5.13. The lowest BCUT2D eigenvalue weighted by Crippen LogP contribution is -2.03. The molecular weight excluding hydrogens is 136 g/mol. The SMILES string of the molecule is CC(C)CCNc1cc[nH]c1. The summed E-state index contributed by atoms with van der Waals surface area (Å²) in [6, 6.07) is 2.04. The highest BCUT2D eigenvalue weighted by Crippen LogP contribution is 2.05. The van der Waals surface area contributed by atoms with E-state index in [1.807, 2.05) is 18.5 Å². The van der Waals surface area contributed by atoms with Crippen molar-refractivity contribution >= 4 is 5.69 Å². The normalized spacial score (nSPS) is 10.5. The highest BCUT2D eigenvalue weighted by atomic mass is 14.9. The number of nitrogens with one attached hydrogen (secondary N) is 2. The molecule has 0 fully saturated rings. The Morgan fingerprint density at radius 2 is 2.36 bits per heavy atom. The molecule has 0 saturated heterocycles. The second-order valence-corrected chi connectivity index (χ2v) is 3.21. The summed E-state index contributed by atoms with van der Waals surface area (Å²) in [5.41, 5.74) is 1.19. The average Bonchev–Trinajstić information content (AvgIpc) is 2.39. The van der Waals surface area contributed by atoms with E-state index in [0.717, 1.165) is 12.5 Å². The third-order valence-corrected chi connectivity index (χ3v) is 1.65. The van der Waals surface area contributed by atoms with Gasteiger partial charge in [-0.15, -0.1) is 0 Å². The maximum absolute atomic E-state index is 3.32. The molecule has 11 heavy (non-hydrogen) atoms. The molecule has 0 saturated carbocycles. The number of hydrogen-bond acceptors (Lipinski definition) is 1. The minimum absolute atomic E-state index is 0.779. The van der Waals surface area contributed by atoms with E-state index in [9.17, 15) is 0 Å². The third-order valence-electron chi connectivity index (χ3n) is 1.65. The van der Waals surface area contributed by atoms with E-state index in [2.05, 4.69) is 24.1 Å². The molecule has 0 atom stereocenters. The highest BCUT2D eigenvalue weighted by Gasteiger charge is 1.93. The van der Waals surface area contributed by atoms with Crippen molar-refractivity contribution < 1.29 is 0 Å². The van der Waals surface area contributed by atoms with Crippen LogP contribution in [-0.2, 0) is 0 Å². The number of H-pyrrole nitrogens is 1. The maximum Gasteiger partial charge on any atom is 0.0517 e. The number of anilines is 1. The monoisotopic (exact) mass is 152 g/mol. The van der Waals surface area contributed by atoms with Crippen LogP contribution in [0.15, 0.2) is 18.5 Å². The molecule has 2 nitrogen and oxygen atoms in total. The second kappa shape index (κ2) is 4.06. The first-order valence-corrected chi connectivity index (χ1v) is 4.15. The van der Waals surface area contributed by atoms with Crippen molar-refractivity contribution in [2.75, 3.05) is 11.9 Å². The van der Waals surface area contributed by atoms with Gasteiger partial charge in [0.25, 0.3) is 0 Å². The van der Waals surface area contributed by atoms with Crippen molar-refractivity contribution in [1.29, 1.82) is 0 Å². The van der Waals surface area contributed by atoms with E-state index in [1.165, 1.54) is 12.1 Å². The minimum Gasteiger partial charge on any atom is -0.384 e. The largest absolute Gasteiger partial charge is 0.384 e. The Hall–Kier alpha value is -0.920. The zero-order valence-corrected chi connectivity index (χ0v) is 7.22. The summed E-state index contributed by atoms with van der Waals surface area (Å²) in [4.78, 5) is 3.01. The summed E-state index contributed by atoms with van der Waals surface area (Å²) in [5.74, 6) is 0.779. The summed E-state index contributed by atoms with van der Waals surface area (Å²) in [7, 11) is 0. The van der Waals surface area contributed by atoms with Gasteiger partial charge in [0.1, 0.15) is 0 Å². The molecular formula is C9H16N2. The number of aromatic nitrogens is 1. The number of aromatic amines is 1. The van der Waals surface area contributed by atoms with Crippen LogP contribution < -0.4 is 5.32 Å². The van der Waals surface area contributed by atoms with Gasteiger partial charge in [0.15, 0.2) is 0 Å². The fourth-order valence-corrected chi connectivity index (χ4v) is 0.939. The summed E-state index contributed by atoms with van der Waals surface area (Å²) in [5, 5.41) is 3.32. The molecule has 0 amide bonds. The molecule has 1 aromatic rings. The van der Waals surface area contributed by atoms with Crippen LogP contribution >= 0.6 is 0 Å². The standard InChI is InChI=1S/C9H16N2/c1-8(2)3-6-11-9-4-5-10-7-9/h4-5,7-8,10-11H,3,6H2,1-2H3. The summed E-state index contributed by atoms with van der Waals surface area (Å²) < 4.78 is 0. The van der Waals surface area contributed by atoms with Crippen LogP contribution in [-0.4, -0.2) is 11.5 Å². The van der Waals surface area contributed by atoms with Crippen molar-refractivity contribution in [2.45, 2.75) is 20.3 Å². The Morgan fingerprint density at radius 1 is 1.55 bits per heavy atom. The van der Waals surface area contributed by atoms with Gasteiger partial charge in [-0.3, -0.25) is 0 Å². The van der Waals surface area contributed by atoms with Gasteiger partial charge < -0.3 is 10.3 Å². The second-order valence-electron chi connectivity index (χ2n) is 3.21. The molecule has 2 N–H and O–H groups in total. The highest BCUT2D eigenvalue weighted by molar-refractivity contribution is 5.39. The van der Waals surface area contributed by atoms with Crippen molar-refractivity contribution in [3.63, 3.8) is 0 Å². The summed E-state index contributed by atoms with van der Waals surface area (Å²) >= 11 is 0. The molecule has 0 unspecified atom stereocenters. The Bertz CT molecular complexity index is 177. The molecule has 0 aliphatic carbocycles. The zero-order valence-electron chi connectivity index (χ0n) is 7.22. The Balaban J connectivity index is 2.14. The first-order chi connectivity index (χ1) is 5.29. The molecule has 1 rings (SSSR count). The molecule has 0 radical (unpaired) electrons. The van der Waals surface area contributed by atoms with E-state index < -0.39 is 0 Å². The smallest absolute Gasteiger partial charge is 0.0517 e. The van der Waals surface area contributed by atoms with E-state index in [4.69, 9.17) is 0 Å². The Labute approximate surface area is 68.0 Å². The van der Waals surface area contributed by atoms with Crippen molar-refractivity contribution in [1.82, 2.24) is 4.98 Å². The number of rotatable bonds is 4. The molecule has 0 aromatic carbocycles. The van der Waals surface area contributed by atoms with Crippen LogP contribution in [0, 0.1) is 5.92 Å². The maximum atomic E-state index is 3.32. The fourth-order valence-electron chi connectivity index (χ4n) is 0.939. The lowest BCUT2D eigenvalue weighted by Gasteiger charge is -2.05. The zero-order chi connectivity index (χ0) is 8.10. The predicted octanol–water partition coefficient (Wildman–Crippen LogP) is 2.47. The van der Waals surface area contributed by atoms with Gasteiger partial charge in [-0.2, -0.15) is 0 Å². The van der Waals surface area contributed by atoms with Crippen LogP contribution in [0.2, 0.25) is 0 Å². The molecule has 0 aliphatic heterocycles.